The molecule has 0 N–H and O–H groups in total. The molecule has 0 unspecified atom stereocenters. The molecule has 3 aromatic rings. The summed E-state index contributed by atoms with van der Waals surface area (Å²) in [6.07, 6.45) is -1.51. The van der Waals surface area contributed by atoms with Crippen LogP contribution in [0.2, 0.25) is 5.02 Å². The number of halogens is 4. The van der Waals surface area contributed by atoms with E-state index in [-0.39, 0.29) is 11.6 Å². The van der Waals surface area contributed by atoms with Crippen LogP contribution in [-0.4, -0.2) is 16.5 Å². The van der Waals surface area contributed by atoms with Crippen LogP contribution in [0.25, 0.3) is 23.5 Å². The molecule has 3 rings (SSSR count). The SMILES string of the molecule is FC(F)(F)Oc1ccc(C=Cc2nc(-c3ccc(Cl)cc3)no2)cc1. The summed E-state index contributed by atoms with van der Waals surface area (Å²) in [5.41, 5.74) is 1.40. The maximum absolute atomic E-state index is 12.1. The van der Waals surface area contributed by atoms with Crippen LogP contribution in [0, 0.1) is 0 Å². The average Bonchev–Trinajstić information content (AvgIpc) is 3.02. The minimum Gasteiger partial charge on any atom is -0.406 e. The minimum atomic E-state index is -4.71. The fraction of sp³-hybridized carbons (Fsp3) is 0.0588. The fourth-order valence-electron chi connectivity index (χ4n) is 1.97. The van der Waals surface area contributed by atoms with Gasteiger partial charge in [0.05, 0.1) is 0 Å². The molecule has 0 amide bonds. The van der Waals surface area contributed by atoms with Crippen LogP contribution in [-0.2, 0) is 0 Å². The van der Waals surface area contributed by atoms with Crippen molar-refractivity contribution < 1.29 is 22.4 Å². The number of nitrogens with zero attached hydrogens (tertiary/aromatic N) is 2. The summed E-state index contributed by atoms with van der Waals surface area (Å²) in [4.78, 5) is 4.21. The monoisotopic (exact) mass is 366 g/mol. The van der Waals surface area contributed by atoms with Gasteiger partial charge in [-0.3, -0.25) is 0 Å². The Morgan fingerprint density at radius 2 is 1.64 bits per heavy atom. The molecule has 0 atom stereocenters. The van der Waals surface area contributed by atoms with E-state index in [9.17, 15) is 13.2 Å². The van der Waals surface area contributed by atoms with Crippen LogP contribution < -0.4 is 4.74 Å². The van der Waals surface area contributed by atoms with Crippen LogP contribution >= 0.6 is 11.6 Å². The van der Waals surface area contributed by atoms with Gasteiger partial charge in [0.15, 0.2) is 0 Å². The highest BCUT2D eigenvalue weighted by atomic mass is 35.5. The lowest BCUT2D eigenvalue weighted by atomic mass is 10.2. The Morgan fingerprint density at radius 3 is 2.28 bits per heavy atom. The molecule has 0 saturated heterocycles. The first-order valence-corrected chi connectivity index (χ1v) is 7.40. The molecule has 1 aromatic heterocycles. The molecule has 0 fully saturated rings. The Kier molecular flexibility index (Phi) is 4.76. The van der Waals surface area contributed by atoms with Gasteiger partial charge in [-0.05, 0) is 48.0 Å². The van der Waals surface area contributed by atoms with Crippen LogP contribution in [0.1, 0.15) is 11.5 Å². The van der Waals surface area contributed by atoms with Crippen molar-refractivity contribution in [2.75, 3.05) is 0 Å². The number of alkyl halides is 3. The van der Waals surface area contributed by atoms with Gasteiger partial charge in [-0.1, -0.05) is 28.9 Å². The first-order chi connectivity index (χ1) is 11.9. The Balaban J connectivity index is 1.69. The molecule has 0 radical (unpaired) electrons. The van der Waals surface area contributed by atoms with E-state index in [1.807, 2.05) is 0 Å². The van der Waals surface area contributed by atoms with Crippen molar-refractivity contribution in [1.29, 1.82) is 0 Å². The topological polar surface area (TPSA) is 48.2 Å². The normalized spacial score (nSPS) is 11.8. The molecule has 0 bridgehead atoms. The van der Waals surface area contributed by atoms with Crippen LogP contribution in [0.15, 0.2) is 53.1 Å². The third-order valence-corrected chi connectivity index (χ3v) is 3.33. The second-order valence-corrected chi connectivity index (χ2v) is 5.35. The van der Waals surface area contributed by atoms with E-state index in [0.717, 1.165) is 5.56 Å². The summed E-state index contributed by atoms with van der Waals surface area (Å²) in [5.74, 6) is 0.387. The Labute approximate surface area is 145 Å². The van der Waals surface area contributed by atoms with Crippen molar-refractivity contribution in [3.05, 3.63) is 65.0 Å². The van der Waals surface area contributed by atoms with Crippen LogP contribution in [0.5, 0.6) is 5.75 Å². The largest absolute Gasteiger partial charge is 0.573 e. The summed E-state index contributed by atoms with van der Waals surface area (Å²) in [5, 5.41) is 4.46. The van der Waals surface area contributed by atoms with Crippen molar-refractivity contribution in [2.45, 2.75) is 6.36 Å². The number of aromatic nitrogens is 2. The molecule has 8 heteroatoms. The Morgan fingerprint density at radius 1 is 0.960 bits per heavy atom. The van der Waals surface area contributed by atoms with Gasteiger partial charge in [-0.25, -0.2) is 0 Å². The van der Waals surface area contributed by atoms with Gasteiger partial charge in [0.1, 0.15) is 5.75 Å². The molecule has 0 aliphatic rings. The van der Waals surface area contributed by atoms with E-state index in [1.54, 1.807) is 36.4 Å². The van der Waals surface area contributed by atoms with Crippen molar-refractivity contribution in [3.63, 3.8) is 0 Å². The van der Waals surface area contributed by atoms with Gasteiger partial charge in [0.2, 0.25) is 5.82 Å². The van der Waals surface area contributed by atoms with Gasteiger partial charge in [0.25, 0.3) is 5.89 Å². The quantitative estimate of drug-likeness (QED) is 0.615. The summed E-state index contributed by atoms with van der Waals surface area (Å²) in [6.45, 7) is 0. The number of rotatable bonds is 4. The van der Waals surface area contributed by atoms with Gasteiger partial charge in [-0.2, -0.15) is 4.98 Å². The molecule has 25 heavy (non-hydrogen) atoms. The van der Waals surface area contributed by atoms with Crippen molar-refractivity contribution in [2.24, 2.45) is 0 Å². The Hall–Kier alpha value is -2.80. The van der Waals surface area contributed by atoms with E-state index < -0.39 is 6.36 Å². The molecular formula is C17H10ClF3N2O2. The predicted octanol–water partition coefficient (Wildman–Crippen LogP) is 5.46. The van der Waals surface area contributed by atoms with E-state index in [0.29, 0.717) is 16.4 Å². The number of ether oxygens (including phenoxy) is 1. The maximum Gasteiger partial charge on any atom is 0.573 e. The van der Waals surface area contributed by atoms with Crippen molar-refractivity contribution in [3.8, 4) is 17.1 Å². The highest BCUT2D eigenvalue weighted by molar-refractivity contribution is 6.30. The highest BCUT2D eigenvalue weighted by Crippen LogP contribution is 2.23. The number of hydrogen-bond donors (Lipinski definition) is 0. The maximum atomic E-state index is 12.1. The zero-order chi connectivity index (χ0) is 17.9. The fourth-order valence-corrected chi connectivity index (χ4v) is 2.09. The zero-order valence-electron chi connectivity index (χ0n) is 12.5. The molecule has 128 valence electrons. The molecule has 0 saturated carbocycles. The molecule has 0 spiro atoms. The van der Waals surface area contributed by atoms with Gasteiger partial charge >= 0.3 is 6.36 Å². The predicted molar refractivity (Wildman–Crippen MR) is 86.8 cm³/mol. The lowest BCUT2D eigenvalue weighted by molar-refractivity contribution is -0.274. The number of benzene rings is 2. The molecule has 0 aliphatic heterocycles. The summed E-state index contributed by atoms with van der Waals surface area (Å²) < 4.78 is 45.2. The van der Waals surface area contributed by atoms with E-state index in [1.165, 1.54) is 24.3 Å². The van der Waals surface area contributed by atoms with Crippen molar-refractivity contribution in [1.82, 2.24) is 10.1 Å². The number of hydrogen-bond acceptors (Lipinski definition) is 4. The van der Waals surface area contributed by atoms with Crippen molar-refractivity contribution >= 4 is 23.8 Å². The second-order valence-electron chi connectivity index (χ2n) is 4.91. The lowest BCUT2D eigenvalue weighted by Gasteiger charge is -2.08. The third-order valence-electron chi connectivity index (χ3n) is 3.08. The first-order valence-electron chi connectivity index (χ1n) is 7.03. The standard InChI is InChI=1S/C17H10ClF3N2O2/c18-13-6-4-12(5-7-13)16-22-15(25-23-16)10-3-11-1-8-14(9-2-11)24-17(19,20)21/h1-10H. The summed E-state index contributed by atoms with van der Waals surface area (Å²) in [7, 11) is 0. The summed E-state index contributed by atoms with van der Waals surface area (Å²) in [6, 6.07) is 12.4. The second kappa shape index (κ2) is 6.98. The van der Waals surface area contributed by atoms with E-state index in [2.05, 4.69) is 14.9 Å². The first kappa shape index (κ1) is 17.0. The molecule has 0 aliphatic carbocycles. The Bertz CT molecular complexity index is 872. The third kappa shape index (κ3) is 4.84. The molecule has 4 nitrogen and oxygen atoms in total. The minimum absolute atomic E-state index is 0.264. The van der Waals surface area contributed by atoms with Gasteiger partial charge in [-0.15, -0.1) is 13.2 Å². The average molecular weight is 367 g/mol. The van der Waals surface area contributed by atoms with Gasteiger partial charge < -0.3 is 9.26 Å². The van der Waals surface area contributed by atoms with Gasteiger partial charge in [0, 0.05) is 16.7 Å². The van der Waals surface area contributed by atoms with Crippen LogP contribution in [0.3, 0.4) is 0 Å². The highest BCUT2D eigenvalue weighted by Gasteiger charge is 2.30. The van der Waals surface area contributed by atoms with Crippen LogP contribution in [0.4, 0.5) is 13.2 Å². The van der Waals surface area contributed by atoms with E-state index >= 15 is 0 Å². The molecule has 1 heterocycles. The smallest absolute Gasteiger partial charge is 0.406 e. The molecular weight excluding hydrogens is 357 g/mol. The zero-order valence-corrected chi connectivity index (χ0v) is 13.3. The molecule has 2 aromatic carbocycles. The lowest BCUT2D eigenvalue weighted by Crippen LogP contribution is -2.16. The van der Waals surface area contributed by atoms with E-state index in [4.69, 9.17) is 16.1 Å². The summed E-state index contributed by atoms with van der Waals surface area (Å²) >= 11 is 5.82.